The van der Waals surface area contributed by atoms with Crippen LogP contribution in [0.2, 0.25) is 0 Å². The fourth-order valence-electron chi connectivity index (χ4n) is 0.800. The van der Waals surface area contributed by atoms with Gasteiger partial charge in [-0.05, 0) is 12.1 Å². The minimum atomic E-state index is 0. The van der Waals surface area contributed by atoms with Gasteiger partial charge >= 0.3 is 0 Å². The van der Waals surface area contributed by atoms with Gasteiger partial charge in [-0.3, -0.25) is 0 Å². The summed E-state index contributed by atoms with van der Waals surface area (Å²) in [6, 6.07) is 22.0. The third-order valence-electron chi connectivity index (χ3n) is 1.40. The maximum Gasteiger partial charge on any atom is 0.0175 e. The van der Waals surface area contributed by atoms with Crippen LogP contribution in [0.25, 0.3) is 0 Å². The average Bonchev–Trinajstić information content (AvgIpc) is 2.22. The molecule has 2 heteroatoms. The predicted molar refractivity (Wildman–Crippen MR) is 64.2 cm³/mol. The van der Waals surface area contributed by atoms with Crippen LogP contribution in [0, 0.1) is 0 Å². The molecule has 0 aliphatic heterocycles. The fraction of sp³-hybridized carbons (Fsp3) is 0. The van der Waals surface area contributed by atoms with Crippen LogP contribution < -0.4 is 0 Å². The maximum atomic E-state index is 3.31. The van der Waals surface area contributed by atoms with Crippen LogP contribution in [-0.4, -0.2) is 5.48 Å². The molecule has 1 nitrogen and oxygen atoms in total. The van der Waals surface area contributed by atoms with Crippen molar-refractivity contribution in [1.82, 2.24) is 0 Å². The lowest BCUT2D eigenvalue weighted by Crippen LogP contribution is -1.55. The Hall–Kier alpha value is -1.12. The van der Waals surface area contributed by atoms with E-state index in [1.807, 2.05) is 66.7 Å². The Kier molecular flexibility index (Phi) is 7.80. The van der Waals surface area contributed by atoms with Gasteiger partial charge in [-0.1, -0.05) is 70.5 Å². The molecule has 2 rings (SSSR count). The van der Waals surface area contributed by atoms with E-state index in [4.69, 9.17) is 0 Å². The van der Waals surface area contributed by atoms with Crippen molar-refractivity contribution in [2.75, 3.05) is 0 Å². The van der Waals surface area contributed by atoms with Gasteiger partial charge in [0.2, 0.25) is 0 Å². The summed E-state index contributed by atoms with van der Waals surface area (Å²) in [6.07, 6.45) is 0. The molecular formula is C12H13BrO. The second-order valence-electron chi connectivity index (χ2n) is 2.45. The minimum absolute atomic E-state index is 0. The highest BCUT2D eigenvalue weighted by atomic mass is 79.9. The highest BCUT2D eigenvalue weighted by Crippen LogP contribution is 2.05. The first kappa shape index (κ1) is 12.9. The summed E-state index contributed by atoms with van der Waals surface area (Å²) in [5.41, 5.74) is 0. The van der Waals surface area contributed by atoms with Crippen molar-refractivity contribution < 1.29 is 5.48 Å². The van der Waals surface area contributed by atoms with Crippen LogP contribution in [0.4, 0.5) is 0 Å². The Morgan fingerprint density at radius 1 is 0.571 bits per heavy atom. The van der Waals surface area contributed by atoms with Gasteiger partial charge in [0.15, 0.2) is 0 Å². The number of hydrogen-bond acceptors (Lipinski definition) is 0. The van der Waals surface area contributed by atoms with Crippen LogP contribution in [0.5, 0.6) is 0 Å². The van der Waals surface area contributed by atoms with Crippen molar-refractivity contribution in [3.63, 3.8) is 0 Å². The number of rotatable bonds is 0. The summed E-state index contributed by atoms with van der Waals surface area (Å²) >= 11 is 3.31. The normalized spacial score (nSPS) is 7.79. The molecule has 0 amide bonds. The zero-order valence-electron chi connectivity index (χ0n) is 7.73. The quantitative estimate of drug-likeness (QED) is 0.689. The van der Waals surface area contributed by atoms with Crippen LogP contribution in [0.1, 0.15) is 0 Å². The standard InChI is InChI=1S/C6H5Br.C6H6.H2O/c7-6-4-2-1-3-5-6;1-2-4-6-5-3-1;/h1-5H;1-6H;1H2. The predicted octanol–water partition coefficient (Wildman–Crippen LogP) is 3.31. The molecule has 14 heavy (non-hydrogen) atoms. The number of halogens is 1. The van der Waals surface area contributed by atoms with Crippen LogP contribution in [0.15, 0.2) is 71.2 Å². The first-order valence-corrected chi connectivity index (χ1v) is 4.89. The summed E-state index contributed by atoms with van der Waals surface area (Å²) < 4.78 is 1.13. The van der Waals surface area contributed by atoms with Gasteiger partial charge in [-0.2, -0.15) is 0 Å². The molecule has 0 radical (unpaired) electrons. The molecule has 0 spiro atoms. The lowest BCUT2D eigenvalue weighted by atomic mass is 10.4. The van der Waals surface area contributed by atoms with Crippen LogP contribution in [-0.2, 0) is 0 Å². The molecule has 74 valence electrons. The lowest BCUT2D eigenvalue weighted by Gasteiger charge is -1.80. The highest BCUT2D eigenvalue weighted by Gasteiger charge is 1.74. The Morgan fingerprint density at radius 2 is 0.857 bits per heavy atom. The SMILES string of the molecule is Brc1ccccc1.O.c1ccccc1. The van der Waals surface area contributed by atoms with Gasteiger partial charge in [0.25, 0.3) is 0 Å². The zero-order chi connectivity index (χ0) is 9.36. The van der Waals surface area contributed by atoms with Crippen LogP contribution >= 0.6 is 15.9 Å². The molecule has 0 atom stereocenters. The average molecular weight is 253 g/mol. The minimum Gasteiger partial charge on any atom is -0.412 e. The van der Waals surface area contributed by atoms with E-state index in [2.05, 4.69) is 15.9 Å². The van der Waals surface area contributed by atoms with Crippen molar-refractivity contribution in [2.45, 2.75) is 0 Å². The summed E-state index contributed by atoms with van der Waals surface area (Å²) in [7, 11) is 0. The number of benzene rings is 2. The van der Waals surface area contributed by atoms with E-state index in [1.165, 1.54) is 0 Å². The van der Waals surface area contributed by atoms with Gasteiger partial charge in [-0.25, -0.2) is 0 Å². The molecule has 0 saturated heterocycles. The third-order valence-corrected chi connectivity index (χ3v) is 1.93. The fourth-order valence-corrected chi connectivity index (χ4v) is 1.10. The van der Waals surface area contributed by atoms with Crippen molar-refractivity contribution in [3.8, 4) is 0 Å². The van der Waals surface area contributed by atoms with Crippen molar-refractivity contribution in [2.24, 2.45) is 0 Å². The van der Waals surface area contributed by atoms with E-state index in [9.17, 15) is 0 Å². The van der Waals surface area contributed by atoms with Crippen molar-refractivity contribution >= 4 is 15.9 Å². The van der Waals surface area contributed by atoms with Crippen molar-refractivity contribution in [3.05, 3.63) is 71.2 Å². The molecule has 0 fully saturated rings. The zero-order valence-corrected chi connectivity index (χ0v) is 9.31. The second-order valence-corrected chi connectivity index (χ2v) is 3.37. The molecule has 2 aromatic carbocycles. The summed E-state index contributed by atoms with van der Waals surface area (Å²) in [6.45, 7) is 0. The van der Waals surface area contributed by atoms with E-state index in [-0.39, 0.29) is 5.48 Å². The van der Waals surface area contributed by atoms with Gasteiger partial charge < -0.3 is 5.48 Å². The molecule has 2 aromatic rings. The number of hydrogen-bond donors (Lipinski definition) is 0. The van der Waals surface area contributed by atoms with E-state index in [1.54, 1.807) is 0 Å². The third kappa shape index (κ3) is 6.40. The molecule has 0 aliphatic carbocycles. The first-order valence-electron chi connectivity index (χ1n) is 4.10. The molecule has 0 unspecified atom stereocenters. The smallest absolute Gasteiger partial charge is 0.0175 e. The molecular weight excluding hydrogens is 240 g/mol. The van der Waals surface area contributed by atoms with Gasteiger partial charge in [0, 0.05) is 4.47 Å². The van der Waals surface area contributed by atoms with Gasteiger partial charge in [0.1, 0.15) is 0 Å². The van der Waals surface area contributed by atoms with E-state index < -0.39 is 0 Å². The molecule has 0 aliphatic rings. The first-order chi connectivity index (χ1) is 6.39. The van der Waals surface area contributed by atoms with Gasteiger partial charge in [-0.15, -0.1) is 0 Å². The van der Waals surface area contributed by atoms with E-state index in [0.29, 0.717) is 0 Å². The summed E-state index contributed by atoms with van der Waals surface area (Å²) in [5.74, 6) is 0. The summed E-state index contributed by atoms with van der Waals surface area (Å²) in [4.78, 5) is 0. The lowest BCUT2D eigenvalue weighted by molar-refractivity contribution is 0.824. The largest absolute Gasteiger partial charge is 0.412 e. The Labute approximate surface area is 92.8 Å². The molecule has 0 aromatic heterocycles. The molecule has 0 saturated carbocycles. The second kappa shape index (κ2) is 8.48. The van der Waals surface area contributed by atoms with Crippen molar-refractivity contribution in [1.29, 1.82) is 0 Å². The highest BCUT2D eigenvalue weighted by molar-refractivity contribution is 9.10. The Bertz CT molecular complexity index is 281. The summed E-state index contributed by atoms with van der Waals surface area (Å²) in [5, 5.41) is 0. The maximum absolute atomic E-state index is 3.31. The Balaban J connectivity index is 0.000000227. The molecule has 0 heterocycles. The topological polar surface area (TPSA) is 31.5 Å². The Morgan fingerprint density at radius 3 is 1.07 bits per heavy atom. The monoisotopic (exact) mass is 252 g/mol. The van der Waals surface area contributed by atoms with E-state index in [0.717, 1.165) is 4.47 Å². The van der Waals surface area contributed by atoms with Crippen LogP contribution in [0.3, 0.4) is 0 Å². The van der Waals surface area contributed by atoms with Gasteiger partial charge in [0.05, 0.1) is 0 Å². The molecule has 2 N–H and O–H groups in total. The van der Waals surface area contributed by atoms with E-state index >= 15 is 0 Å². The molecule has 0 bridgehead atoms.